The van der Waals surface area contributed by atoms with Gasteiger partial charge in [0.2, 0.25) is 5.56 Å². The minimum atomic E-state index is -2.14. The molecule has 2 aliphatic rings. The first kappa shape index (κ1) is 36.9. The molecule has 1 unspecified atom stereocenters. The molecule has 13 heteroatoms. The lowest BCUT2D eigenvalue weighted by Crippen LogP contribution is -2.57. The number of phenols is 1. The number of aromatic amines is 1. The van der Waals surface area contributed by atoms with Crippen LogP contribution in [-0.2, 0) is 22.1 Å². The highest BCUT2D eigenvalue weighted by molar-refractivity contribution is 7.12. The summed E-state index contributed by atoms with van der Waals surface area (Å²) in [6.07, 6.45) is 2.51. The Balaban J connectivity index is 1.02. The fourth-order valence-electron chi connectivity index (χ4n) is 6.66. The smallest absolute Gasteiger partial charge is 0.273 e. The highest BCUT2D eigenvalue weighted by Crippen LogP contribution is 2.41. The van der Waals surface area contributed by atoms with Gasteiger partial charge in [0.1, 0.15) is 11.4 Å². The molecule has 2 saturated heterocycles. The number of hydrogen-bond acceptors (Lipinski definition) is 10. The average Bonchev–Trinajstić information content (AvgIpc) is 3.72. The second-order valence-electron chi connectivity index (χ2n) is 15.3. The van der Waals surface area contributed by atoms with Crippen LogP contribution in [0.2, 0.25) is 18.1 Å². The second kappa shape index (κ2) is 15.0. The van der Waals surface area contributed by atoms with Crippen LogP contribution in [0.1, 0.15) is 70.5 Å². The second-order valence-corrected chi connectivity index (χ2v) is 22.3. The number of thiazole rings is 1. The minimum Gasteiger partial charge on any atom is -0.506 e. The van der Waals surface area contributed by atoms with Crippen LogP contribution in [0.4, 0.5) is 0 Å². The van der Waals surface area contributed by atoms with E-state index in [2.05, 4.69) is 66.2 Å². The monoisotopic (exact) mass is 737 g/mol. The van der Waals surface area contributed by atoms with Gasteiger partial charge in [-0.3, -0.25) is 14.5 Å². The fraction of sp³-hybridized carbons (Fsp3) is 0.541. The van der Waals surface area contributed by atoms with Gasteiger partial charge < -0.3 is 29.5 Å². The number of amides is 1. The van der Waals surface area contributed by atoms with Crippen molar-refractivity contribution in [1.29, 1.82) is 0 Å². The number of nitrogens with one attached hydrogen (secondary N) is 2. The van der Waals surface area contributed by atoms with E-state index >= 15 is 0 Å². The summed E-state index contributed by atoms with van der Waals surface area (Å²) >= 11 is 3.39. The van der Waals surface area contributed by atoms with Gasteiger partial charge in [0.05, 0.1) is 35.4 Å². The number of fused-ring (bicyclic) bond motifs is 1. The topological polar surface area (TPSA) is 120 Å². The van der Waals surface area contributed by atoms with Crippen molar-refractivity contribution in [3.63, 3.8) is 0 Å². The minimum absolute atomic E-state index is 0.0186. The zero-order chi connectivity index (χ0) is 35.7. The van der Waals surface area contributed by atoms with Gasteiger partial charge in [-0.25, -0.2) is 4.98 Å². The van der Waals surface area contributed by atoms with Crippen molar-refractivity contribution in [3.8, 4) is 5.75 Å². The predicted molar refractivity (Wildman–Crippen MR) is 204 cm³/mol. The Labute approximate surface area is 304 Å². The summed E-state index contributed by atoms with van der Waals surface area (Å²) < 4.78 is 13.3. The number of hydrogen-bond donors (Lipinski definition) is 3. The number of rotatable bonds is 11. The maximum Gasteiger partial charge on any atom is 0.273 e. The Morgan fingerprint density at radius 3 is 2.62 bits per heavy atom. The molecule has 4 aromatic rings. The molecular weight excluding hydrogens is 687 g/mol. The maximum absolute atomic E-state index is 13.1. The van der Waals surface area contributed by atoms with Crippen LogP contribution in [0.15, 0.2) is 46.6 Å². The number of piperidine rings is 1. The third-order valence-corrected chi connectivity index (χ3v) is 17.0. The number of thiophene rings is 1. The van der Waals surface area contributed by atoms with Crippen molar-refractivity contribution in [2.45, 2.75) is 83.3 Å². The van der Waals surface area contributed by atoms with Crippen molar-refractivity contribution in [2.24, 2.45) is 0 Å². The van der Waals surface area contributed by atoms with Crippen molar-refractivity contribution in [2.75, 3.05) is 45.9 Å². The molecular formula is C37H51N5O5S2Si. The number of carbonyl (C=O) groups is 1. The lowest BCUT2D eigenvalue weighted by molar-refractivity contribution is -0.127. The van der Waals surface area contributed by atoms with Gasteiger partial charge in [0, 0.05) is 65.9 Å². The van der Waals surface area contributed by atoms with E-state index in [9.17, 15) is 14.7 Å². The first-order valence-corrected chi connectivity index (χ1v) is 22.2. The Kier molecular flexibility index (Phi) is 11.0. The molecule has 1 spiro atoms. The van der Waals surface area contributed by atoms with E-state index in [1.54, 1.807) is 12.1 Å². The van der Waals surface area contributed by atoms with Crippen LogP contribution in [-0.4, -0.2) is 90.6 Å². The third kappa shape index (κ3) is 8.41. The van der Waals surface area contributed by atoms with E-state index in [0.717, 1.165) is 61.4 Å². The number of morpholine rings is 1. The quantitative estimate of drug-likeness (QED) is 0.119. The summed E-state index contributed by atoms with van der Waals surface area (Å²) in [7, 11) is -2.14. The Bertz CT molecular complexity index is 1860. The van der Waals surface area contributed by atoms with Gasteiger partial charge in [0.25, 0.3) is 5.91 Å². The van der Waals surface area contributed by atoms with Gasteiger partial charge in [-0.05, 0) is 74.1 Å². The normalized spacial score (nSPS) is 17.8. The van der Waals surface area contributed by atoms with Crippen LogP contribution in [0.5, 0.6) is 5.75 Å². The molecule has 2 fully saturated rings. The van der Waals surface area contributed by atoms with Gasteiger partial charge in [-0.15, -0.1) is 22.7 Å². The lowest BCUT2D eigenvalue weighted by atomic mass is 9.89. The molecule has 0 radical (unpaired) electrons. The number of aromatic nitrogens is 2. The summed E-state index contributed by atoms with van der Waals surface area (Å²) in [5.41, 5.74) is 1.44. The van der Waals surface area contributed by atoms with Gasteiger partial charge in [-0.2, -0.15) is 0 Å². The zero-order valence-electron chi connectivity index (χ0n) is 30.1. The summed E-state index contributed by atoms with van der Waals surface area (Å²) in [6, 6.07) is 11.3. The number of nitrogens with zero attached hydrogens (tertiary/aromatic N) is 3. The molecule has 1 amide bonds. The molecule has 270 valence electrons. The third-order valence-electron chi connectivity index (χ3n) is 10.6. The number of aryl methyl sites for hydroxylation is 1. The average molecular weight is 738 g/mol. The number of likely N-dealkylation sites (tertiary alicyclic amines) is 1. The van der Waals surface area contributed by atoms with E-state index in [0.29, 0.717) is 37.5 Å². The molecule has 0 bridgehead atoms. The summed E-state index contributed by atoms with van der Waals surface area (Å²) in [4.78, 5) is 39.5. The zero-order valence-corrected chi connectivity index (χ0v) is 32.8. The van der Waals surface area contributed by atoms with E-state index in [4.69, 9.17) is 9.16 Å². The Morgan fingerprint density at radius 2 is 1.90 bits per heavy atom. The molecule has 1 atom stereocenters. The van der Waals surface area contributed by atoms with Gasteiger partial charge in [0.15, 0.2) is 8.32 Å². The Morgan fingerprint density at radius 1 is 1.14 bits per heavy atom. The van der Waals surface area contributed by atoms with Crippen molar-refractivity contribution in [1.82, 2.24) is 25.1 Å². The molecule has 3 aromatic heterocycles. The van der Waals surface area contributed by atoms with E-state index in [-0.39, 0.29) is 34.0 Å². The Hall–Kier alpha value is -2.91. The van der Waals surface area contributed by atoms with Crippen molar-refractivity contribution < 1.29 is 19.1 Å². The lowest BCUT2D eigenvalue weighted by Gasteiger charge is -2.47. The number of aromatic hydroxyl groups is 1. The molecule has 0 saturated carbocycles. The van der Waals surface area contributed by atoms with E-state index in [1.165, 1.54) is 27.2 Å². The van der Waals surface area contributed by atoms with Crippen LogP contribution < -0.4 is 10.9 Å². The molecule has 50 heavy (non-hydrogen) atoms. The SMILES string of the molecule is Cc1nc(C(=O)N2CCOC3(CCN(Cc4ccc(CCNCC(O[Si](C)(C)C(C)(C)C)c5ccc(O)c6[nH]c(=O)ccc56)s4)CC3)C2)cs1. The molecule has 10 nitrogen and oxygen atoms in total. The molecule has 0 aliphatic carbocycles. The molecule has 3 N–H and O–H groups in total. The number of pyridine rings is 1. The summed E-state index contributed by atoms with van der Waals surface area (Å²) in [5, 5.41) is 17.8. The molecule has 1 aromatic carbocycles. The van der Waals surface area contributed by atoms with Crippen molar-refractivity contribution in [3.05, 3.63) is 78.2 Å². The van der Waals surface area contributed by atoms with Crippen LogP contribution in [0.3, 0.4) is 0 Å². The highest BCUT2D eigenvalue weighted by atomic mass is 32.1. The predicted octanol–water partition coefficient (Wildman–Crippen LogP) is 6.46. The van der Waals surface area contributed by atoms with E-state index < -0.39 is 8.32 Å². The van der Waals surface area contributed by atoms with Crippen LogP contribution in [0.25, 0.3) is 10.9 Å². The number of benzene rings is 1. The molecule has 5 heterocycles. The van der Waals surface area contributed by atoms with Gasteiger partial charge in [-0.1, -0.05) is 26.8 Å². The fourth-order valence-corrected chi connectivity index (χ4v) is 9.58. The maximum atomic E-state index is 13.1. The van der Waals surface area contributed by atoms with Crippen LogP contribution >= 0.6 is 22.7 Å². The van der Waals surface area contributed by atoms with Crippen molar-refractivity contribution >= 4 is 47.8 Å². The summed E-state index contributed by atoms with van der Waals surface area (Å²) in [5.74, 6) is 0.0752. The molecule has 2 aliphatic heterocycles. The first-order valence-electron chi connectivity index (χ1n) is 17.6. The standard InChI is InChI=1S/C37H51N5O5S2Si/c1-25-39-30(23-48-25)35(45)42-19-20-46-37(24-42)14-17-41(18-15-37)22-27-8-7-26(49-27)13-16-38-21-32(47-50(5,6)36(2,3)4)28-9-11-31(43)34-29(28)10-12-33(44)40-34/h7-12,23,32,38,43H,13-22,24H2,1-6H3,(H,40,44). The van der Waals surface area contributed by atoms with E-state index in [1.807, 2.05) is 34.6 Å². The summed E-state index contributed by atoms with van der Waals surface area (Å²) in [6.45, 7) is 19.2. The molecule has 6 rings (SSSR count). The number of H-pyrrole nitrogens is 1. The number of carbonyl (C=O) groups excluding carboxylic acids is 1. The van der Waals surface area contributed by atoms with Gasteiger partial charge >= 0.3 is 0 Å². The highest BCUT2D eigenvalue weighted by Gasteiger charge is 2.42. The van der Waals surface area contributed by atoms with Crippen LogP contribution in [0, 0.1) is 6.92 Å². The first-order chi connectivity index (χ1) is 23.7. The number of ether oxygens (including phenoxy) is 1. The largest absolute Gasteiger partial charge is 0.506 e. The number of phenolic OH excluding ortho intramolecular Hbond substituents is 1.